The molecule has 1 aromatic carbocycles. The van der Waals surface area contributed by atoms with E-state index in [1.807, 2.05) is 27.7 Å². The van der Waals surface area contributed by atoms with Crippen molar-refractivity contribution in [1.29, 1.82) is 0 Å². The summed E-state index contributed by atoms with van der Waals surface area (Å²) in [5, 5.41) is 0. The second kappa shape index (κ2) is 33.5. The van der Waals surface area contributed by atoms with Gasteiger partial charge in [0.15, 0.2) is 17.4 Å². The summed E-state index contributed by atoms with van der Waals surface area (Å²) in [6.07, 6.45) is 0.686. The van der Waals surface area contributed by atoms with E-state index in [1.54, 1.807) is 0 Å². The number of carbonyl (C=O) groups is 1. The maximum Gasteiger partial charge on any atom is 0.313 e. The quantitative estimate of drug-likeness (QED) is 0.0302. The Morgan fingerprint density at radius 3 is 1.09 bits per heavy atom. The van der Waals surface area contributed by atoms with Crippen molar-refractivity contribution in [1.82, 2.24) is 0 Å². The van der Waals surface area contributed by atoms with Gasteiger partial charge in [0.25, 0.3) is 0 Å². The first-order valence-corrected chi connectivity index (χ1v) is 15.5. The summed E-state index contributed by atoms with van der Waals surface area (Å²) in [6.45, 7) is 17.6. The van der Waals surface area contributed by atoms with E-state index in [2.05, 4.69) is 11.7 Å². The average molecular weight is 663 g/mol. The molecule has 0 unspecified atom stereocenters. The third-order valence-electron chi connectivity index (χ3n) is 5.07. The Kier molecular flexibility index (Phi) is 33.6. The molecule has 0 aliphatic heterocycles. The molecule has 0 spiro atoms. The van der Waals surface area contributed by atoms with E-state index in [0.717, 1.165) is 20.0 Å². The monoisotopic (exact) mass is 662 g/mol. The van der Waals surface area contributed by atoms with Gasteiger partial charge in [-0.1, -0.05) is 34.6 Å². The van der Waals surface area contributed by atoms with Gasteiger partial charge in [0.05, 0.1) is 106 Å². The Morgan fingerprint density at radius 2 is 0.756 bits per heavy atom. The van der Waals surface area contributed by atoms with E-state index in [1.165, 1.54) is 0 Å². The topological polar surface area (TPSA) is 100 Å². The number of hydrogen-bond donors (Lipinski definition) is 0. The molecule has 0 bridgehead atoms. The minimum absolute atomic E-state index is 0.0933. The standard InChI is InChI=1S/C27H42F4O10.2C2H6/c1-3-5-33-7-9-35-11-13-37-15-17-39-19-20-40-18-16-38-14-12-36-10-8-34-6-4-22(32)41-27-21(2)23(28)24(29)25(30)26(27)31;2*1-2/h3-20H2,1-2H3;2*1-2H3. The number of esters is 1. The number of ether oxygens (including phenoxy) is 9. The second-order valence-corrected chi connectivity index (χ2v) is 8.33. The largest absolute Gasteiger partial charge is 0.423 e. The van der Waals surface area contributed by atoms with Crippen LogP contribution in [-0.4, -0.2) is 112 Å². The molecule has 0 radical (unpaired) electrons. The maximum atomic E-state index is 13.7. The van der Waals surface area contributed by atoms with Crippen LogP contribution in [0.3, 0.4) is 0 Å². The first-order chi connectivity index (χ1) is 21.9. The summed E-state index contributed by atoms with van der Waals surface area (Å²) in [4.78, 5) is 11.8. The van der Waals surface area contributed by atoms with Gasteiger partial charge >= 0.3 is 5.97 Å². The van der Waals surface area contributed by atoms with Crippen molar-refractivity contribution < 1.29 is 65.0 Å². The van der Waals surface area contributed by atoms with Crippen LogP contribution in [0.4, 0.5) is 17.6 Å². The van der Waals surface area contributed by atoms with E-state index in [9.17, 15) is 22.4 Å². The number of benzene rings is 1. The Balaban J connectivity index is 0. The van der Waals surface area contributed by atoms with Gasteiger partial charge in [-0.25, -0.2) is 13.2 Å². The van der Waals surface area contributed by atoms with Crippen LogP contribution < -0.4 is 4.74 Å². The van der Waals surface area contributed by atoms with Crippen LogP contribution in [0.15, 0.2) is 0 Å². The minimum Gasteiger partial charge on any atom is -0.423 e. The van der Waals surface area contributed by atoms with E-state index in [0.29, 0.717) is 79.3 Å². The Morgan fingerprint density at radius 1 is 0.467 bits per heavy atom. The van der Waals surface area contributed by atoms with Crippen molar-refractivity contribution in [3.63, 3.8) is 0 Å². The number of rotatable bonds is 27. The molecule has 1 aromatic rings. The van der Waals surface area contributed by atoms with Gasteiger partial charge in [-0.15, -0.1) is 0 Å². The van der Waals surface area contributed by atoms with Gasteiger partial charge in [-0.2, -0.15) is 4.39 Å². The molecular formula is C31H54F4O10. The zero-order chi connectivity index (χ0) is 34.1. The number of hydrogen-bond acceptors (Lipinski definition) is 10. The lowest BCUT2D eigenvalue weighted by Gasteiger charge is -2.11. The zero-order valence-electron chi connectivity index (χ0n) is 27.8. The molecule has 0 amide bonds. The summed E-state index contributed by atoms with van der Waals surface area (Å²) >= 11 is 0. The summed E-state index contributed by atoms with van der Waals surface area (Å²) in [5.41, 5.74) is -0.647. The molecule has 10 nitrogen and oxygen atoms in total. The SMILES string of the molecule is CC.CC.CCCOCCOCCOCCOCCOCCOCCOCCOCCC(=O)Oc1c(C)c(F)c(F)c(F)c1F. The molecular weight excluding hydrogens is 608 g/mol. The van der Waals surface area contributed by atoms with Crippen molar-refractivity contribution in [2.75, 3.05) is 106 Å². The molecule has 14 heteroatoms. The van der Waals surface area contributed by atoms with Gasteiger partial charge in [0.2, 0.25) is 11.6 Å². The highest BCUT2D eigenvalue weighted by molar-refractivity contribution is 5.73. The van der Waals surface area contributed by atoms with Crippen molar-refractivity contribution in [2.24, 2.45) is 0 Å². The number of halogens is 4. The minimum atomic E-state index is -2.05. The van der Waals surface area contributed by atoms with E-state index >= 15 is 0 Å². The Labute approximate surface area is 265 Å². The maximum absolute atomic E-state index is 13.7. The highest BCUT2D eigenvalue weighted by atomic mass is 19.2. The lowest BCUT2D eigenvalue weighted by molar-refractivity contribution is -0.136. The van der Waals surface area contributed by atoms with Crippen LogP contribution >= 0.6 is 0 Å². The van der Waals surface area contributed by atoms with Gasteiger partial charge in [-0.3, -0.25) is 4.79 Å². The van der Waals surface area contributed by atoms with Crippen LogP contribution in [0.5, 0.6) is 5.75 Å². The van der Waals surface area contributed by atoms with Gasteiger partial charge < -0.3 is 42.6 Å². The fraction of sp³-hybridized carbons (Fsp3) is 0.774. The van der Waals surface area contributed by atoms with Crippen LogP contribution in [0.1, 0.15) is 53.0 Å². The fourth-order valence-corrected chi connectivity index (χ4v) is 2.95. The Hall–Kier alpha value is -1.91. The Bertz CT molecular complexity index is 805. The summed E-state index contributed by atoms with van der Waals surface area (Å²) in [5.74, 6) is -9.40. The molecule has 0 N–H and O–H groups in total. The highest BCUT2D eigenvalue weighted by Crippen LogP contribution is 2.30. The van der Waals surface area contributed by atoms with E-state index in [4.69, 9.17) is 37.9 Å². The molecule has 0 saturated heterocycles. The molecule has 0 fully saturated rings. The van der Waals surface area contributed by atoms with Crippen LogP contribution in [-0.2, 0) is 42.7 Å². The van der Waals surface area contributed by atoms with E-state index in [-0.39, 0.29) is 26.2 Å². The number of carbonyl (C=O) groups excluding carboxylic acids is 1. The molecule has 0 aliphatic rings. The van der Waals surface area contributed by atoms with Gasteiger partial charge in [-0.05, 0) is 13.3 Å². The first kappa shape index (κ1) is 45.2. The van der Waals surface area contributed by atoms with Crippen LogP contribution in [0, 0.1) is 30.2 Å². The van der Waals surface area contributed by atoms with Crippen molar-refractivity contribution in [3.8, 4) is 5.75 Å². The average Bonchev–Trinajstić information content (AvgIpc) is 3.06. The lowest BCUT2D eigenvalue weighted by atomic mass is 10.2. The molecule has 0 atom stereocenters. The van der Waals surface area contributed by atoms with Crippen LogP contribution in [0.2, 0.25) is 0 Å². The van der Waals surface area contributed by atoms with Crippen LogP contribution in [0.25, 0.3) is 0 Å². The molecule has 1 rings (SSSR count). The third-order valence-corrected chi connectivity index (χ3v) is 5.07. The highest BCUT2D eigenvalue weighted by Gasteiger charge is 2.25. The fourth-order valence-electron chi connectivity index (χ4n) is 2.95. The van der Waals surface area contributed by atoms with Gasteiger partial charge in [0, 0.05) is 12.2 Å². The zero-order valence-corrected chi connectivity index (χ0v) is 27.8. The van der Waals surface area contributed by atoms with E-state index < -0.39 is 40.6 Å². The molecule has 266 valence electrons. The second-order valence-electron chi connectivity index (χ2n) is 8.33. The van der Waals surface area contributed by atoms with Crippen molar-refractivity contribution >= 4 is 5.97 Å². The molecule has 0 aromatic heterocycles. The summed E-state index contributed by atoms with van der Waals surface area (Å²) < 4.78 is 101. The summed E-state index contributed by atoms with van der Waals surface area (Å²) in [6, 6.07) is 0. The normalized spacial score (nSPS) is 10.6. The molecule has 45 heavy (non-hydrogen) atoms. The first-order valence-electron chi connectivity index (χ1n) is 15.5. The molecule has 0 heterocycles. The molecule has 0 aliphatic carbocycles. The summed E-state index contributed by atoms with van der Waals surface area (Å²) in [7, 11) is 0. The smallest absolute Gasteiger partial charge is 0.313 e. The lowest BCUT2D eigenvalue weighted by Crippen LogP contribution is -2.16. The van der Waals surface area contributed by atoms with Crippen molar-refractivity contribution in [3.05, 3.63) is 28.8 Å². The third kappa shape index (κ3) is 24.0. The molecule has 0 saturated carbocycles. The van der Waals surface area contributed by atoms with Gasteiger partial charge in [0.1, 0.15) is 0 Å². The predicted molar refractivity (Wildman–Crippen MR) is 161 cm³/mol. The van der Waals surface area contributed by atoms with Crippen molar-refractivity contribution in [2.45, 2.75) is 54.4 Å². The predicted octanol–water partition coefficient (Wildman–Crippen LogP) is 5.44.